The van der Waals surface area contributed by atoms with E-state index >= 15 is 8.78 Å². The summed E-state index contributed by atoms with van der Waals surface area (Å²) in [4.78, 5) is 46.3. The van der Waals surface area contributed by atoms with Gasteiger partial charge in [-0.3, -0.25) is 19.6 Å². The van der Waals surface area contributed by atoms with Crippen LogP contribution < -0.4 is 24.4 Å². The molecule has 0 spiro atoms. The number of methoxy groups -OCH3 is 2. The number of nitrogens with zero attached hydrogens (tertiary/aromatic N) is 8. The number of carbonyl (C=O) groups is 2. The maximum atomic E-state index is 17.7. The van der Waals surface area contributed by atoms with Gasteiger partial charge in [-0.1, -0.05) is 31.2 Å². The lowest BCUT2D eigenvalue weighted by molar-refractivity contribution is -0.134. The average molecular weight is 1030 g/mol. The van der Waals surface area contributed by atoms with Gasteiger partial charge in [0, 0.05) is 63.1 Å². The Morgan fingerprint density at radius 2 is 1.68 bits per heavy atom. The maximum absolute atomic E-state index is 17.7. The molecule has 3 aromatic carbocycles. The van der Waals surface area contributed by atoms with Crippen LogP contribution in [0.15, 0.2) is 42.5 Å². The van der Waals surface area contributed by atoms with Crippen molar-refractivity contribution in [1.29, 1.82) is 0 Å². The Hall–Kier alpha value is -6.08. The number of carbonyl (C=O) groups excluding carboxylic acids is 2. The summed E-state index contributed by atoms with van der Waals surface area (Å²) >= 11 is 0. The molecule has 0 radical (unpaired) electrons. The van der Waals surface area contributed by atoms with E-state index in [1.807, 2.05) is 23.6 Å². The molecular formula is C57H69F2N9O7. The molecule has 5 fully saturated rings. The van der Waals surface area contributed by atoms with Crippen molar-refractivity contribution in [3.8, 4) is 28.9 Å². The second kappa shape index (κ2) is 20.8. The largest absolute Gasteiger partial charge is 0.480 e. The minimum atomic E-state index is -1.01. The van der Waals surface area contributed by atoms with E-state index in [9.17, 15) is 14.7 Å². The van der Waals surface area contributed by atoms with Crippen LogP contribution in [-0.2, 0) is 27.8 Å². The SMILES string of the molecule is CCc1c(F)ccc2cc(OCOC)cc(-c3nc(OC)c4c(N5CCC[C@@](C)(O)C5)nc(OCC5(CN6CCC(CN7CCC(c8cccc9c(C%10CCC(=O)NC%10=O)nn(C)c89)CC7)CC6)CC5)nc4c3F)c12. The van der Waals surface area contributed by atoms with Crippen molar-refractivity contribution in [3.05, 3.63) is 70.9 Å². The fraction of sp³-hybridized carbons (Fsp3) is 0.544. The molecule has 11 rings (SSSR count). The number of pyridine rings is 1. The molecule has 1 aliphatic carbocycles. The van der Waals surface area contributed by atoms with Gasteiger partial charge < -0.3 is 38.8 Å². The number of halogens is 2. The van der Waals surface area contributed by atoms with Gasteiger partial charge in [-0.2, -0.15) is 15.1 Å². The number of ether oxygens (including phenoxy) is 4. The number of likely N-dealkylation sites (tertiary alicyclic amines) is 2. The molecule has 2 amide bonds. The van der Waals surface area contributed by atoms with Gasteiger partial charge >= 0.3 is 6.01 Å². The number of para-hydroxylation sites is 1. The van der Waals surface area contributed by atoms with Crippen LogP contribution in [0.1, 0.15) is 107 Å². The number of anilines is 1. The Kier molecular flexibility index (Phi) is 14.2. The summed E-state index contributed by atoms with van der Waals surface area (Å²) in [6, 6.07) is 12.9. The van der Waals surface area contributed by atoms with Crippen LogP contribution in [0.4, 0.5) is 14.6 Å². The van der Waals surface area contributed by atoms with E-state index in [2.05, 4.69) is 33.3 Å². The number of β-amino-alcohol motifs (C(OH)–C–C–N with tert-alkyl or cyclic N) is 1. The predicted molar refractivity (Wildman–Crippen MR) is 281 cm³/mol. The molecule has 0 bridgehead atoms. The number of nitrogens with one attached hydrogen (secondary N) is 1. The van der Waals surface area contributed by atoms with Gasteiger partial charge in [0.05, 0.1) is 36.4 Å². The van der Waals surface area contributed by atoms with Crippen LogP contribution in [0.25, 0.3) is 43.8 Å². The Morgan fingerprint density at radius 3 is 2.40 bits per heavy atom. The zero-order chi connectivity index (χ0) is 52.2. The van der Waals surface area contributed by atoms with Gasteiger partial charge in [0.25, 0.3) is 0 Å². The smallest absolute Gasteiger partial charge is 0.319 e. The number of benzene rings is 3. The van der Waals surface area contributed by atoms with Gasteiger partial charge in [0.2, 0.25) is 17.7 Å². The van der Waals surface area contributed by atoms with Crippen LogP contribution in [0, 0.1) is 23.0 Å². The van der Waals surface area contributed by atoms with E-state index in [-0.39, 0.29) is 59.1 Å². The zero-order valence-electron chi connectivity index (χ0n) is 43.9. The first kappa shape index (κ1) is 51.0. The molecule has 18 heteroatoms. The number of aliphatic hydroxyl groups is 1. The third kappa shape index (κ3) is 10.2. The molecule has 1 saturated carbocycles. The van der Waals surface area contributed by atoms with Crippen molar-refractivity contribution in [3.63, 3.8) is 0 Å². The van der Waals surface area contributed by atoms with Gasteiger partial charge in [-0.25, -0.2) is 13.8 Å². The third-order valence-electron chi connectivity index (χ3n) is 16.7. The van der Waals surface area contributed by atoms with Gasteiger partial charge in [-0.05, 0) is 149 Å². The monoisotopic (exact) mass is 1030 g/mol. The number of rotatable bonds is 16. The number of amides is 2. The molecule has 2 atom stereocenters. The summed E-state index contributed by atoms with van der Waals surface area (Å²) in [5.74, 6) is -0.151. The fourth-order valence-electron chi connectivity index (χ4n) is 12.6. The van der Waals surface area contributed by atoms with E-state index in [1.165, 1.54) is 25.8 Å². The molecule has 398 valence electrons. The van der Waals surface area contributed by atoms with Crippen LogP contribution in [0.5, 0.6) is 17.6 Å². The van der Waals surface area contributed by atoms with Gasteiger partial charge in [0.15, 0.2) is 12.6 Å². The lowest BCUT2D eigenvalue weighted by Crippen LogP contribution is -2.46. The summed E-state index contributed by atoms with van der Waals surface area (Å²) in [6.45, 7) is 10.9. The van der Waals surface area contributed by atoms with Crippen molar-refractivity contribution in [2.45, 2.75) is 102 Å². The highest BCUT2D eigenvalue weighted by Gasteiger charge is 2.46. The van der Waals surface area contributed by atoms with Crippen molar-refractivity contribution in [1.82, 2.24) is 39.8 Å². The molecule has 5 aliphatic rings. The number of imide groups is 1. The highest BCUT2D eigenvalue weighted by molar-refractivity contribution is 6.04. The zero-order valence-corrected chi connectivity index (χ0v) is 43.9. The van der Waals surface area contributed by atoms with Crippen LogP contribution in [0.3, 0.4) is 0 Å². The normalized spacial score (nSPS) is 22.1. The van der Waals surface area contributed by atoms with Crippen LogP contribution in [0.2, 0.25) is 0 Å². The second-order valence-electron chi connectivity index (χ2n) is 22.2. The van der Waals surface area contributed by atoms with E-state index in [0.717, 1.165) is 94.4 Å². The maximum Gasteiger partial charge on any atom is 0.319 e. The van der Waals surface area contributed by atoms with Crippen molar-refractivity contribution >= 4 is 50.2 Å². The number of hydrogen-bond donors (Lipinski definition) is 2. The Balaban J connectivity index is 0.774. The van der Waals surface area contributed by atoms with E-state index in [4.69, 9.17) is 39.0 Å². The minimum Gasteiger partial charge on any atom is -0.480 e. The summed E-state index contributed by atoms with van der Waals surface area (Å²) < 4.78 is 58.7. The summed E-state index contributed by atoms with van der Waals surface area (Å²) in [5, 5.41) is 21.0. The summed E-state index contributed by atoms with van der Waals surface area (Å²) in [5.41, 5.74) is 2.67. The highest BCUT2D eigenvalue weighted by Crippen LogP contribution is 2.48. The Bertz CT molecular complexity index is 3150. The van der Waals surface area contributed by atoms with Gasteiger partial charge in [-0.15, -0.1) is 0 Å². The first-order valence-electron chi connectivity index (χ1n) is 26.9. The molecular weight excluding hydrogens is 961 g/mol. The Morgan fingerprint density at radius 1 is 0.893 bits per heavy atom. The lowest BCUT2D eigenvalue weighted by Gasteiger charge is -2.38. The van der Waals surface area contributed by atoms with Crippen molar-refractivity contribution < 1.29 is 42.4 Å². The van der Waals surface area contributed by atoms with E-state index < -0.39 is 23.2 Å². The van der Waals surface area contributed by atoms with E-state index in [0.29, 0.717) is 90.6 Å². The first-order chi connectivity index (χ1) is 36.2. The quantitative estimate of drug-likeness (QED) is 0.0703. The third-order valence-corrected chi connectivity index (χ3v) is 16.7. The topological polar surface area (TPSA) is 170 Å². The predicted octanol–water partition coefficient (Wildman–Crippen LogP) is 8.19. The molecule has 2 N–H and O–H groups in total. The number of piperidine rings is 4. The molecule has 3 aromatic heterocycles. The Labute approximate surface area is 436 Å². The summed E-state index contributed by atoms with van der Waals surface area (Å²) in [6.07, 6.45) is 8.86. The molecule has 6 aromatic rings. The van der Waals surface area contributed by atoms with Crippen molar-refractivity contribution in [2.75, 3.05) is 84.9 Å². The number of aromatic nitrogens is 5. The molecule has 4 aliphatic heterocycles. The number of fused-ring (bicyclic) bond motifs is 3. The average Bonchev–Trinajstić information content (AvgIpc) is 4.09. The number of hydrogen-bond acceptors (Lipinski definition) is 14. The van der Waals surface area contributed by atoms with Crippen LogP contribution >= 0.6 is 0 Å². The molecule has 1 unspecified atom stereocenters. The van der Waals surface area contributed by atoms with Gasteiger partial charge in [0.1, 0.15) is 34.0 Å². The first-order valence-corrected chi connectivity index (χ1v) is 26.9. The minimum absolute atomic E-state index is 0.0332. The van der Waals surface area contributed by atoms with Crippen LogP contribution in [-0.4, -0.2) is 137 Å². The van der Waals surface area contributed by atoms with Crippen molar-refractivity contribution in [2.24, 2.45) is 18.4 Å². The molecule has 4 saturated heterocycles. The second-order valence-corrected chi connectivity index (χ2v) is 22.2. The highest BCUT2D eigenvalue weighted by atomic mass is 19.1. The summed E-state index contributed by atoms with van der Waals surface area (Å²) in [7, 11) is 4.94. The molecule has 75 heavy (non-hydrogen) atoms. The van der Waals surface area contributed by atoms with E-state index in [1.54, 1.807) is 25.1 Å². The molecule has 7 heterocycles. The number of aryl methyl sites for hydroxylation is 2. The standard InChI is InChI=1S/C57H69F2N9O7/c1-6-38-43(58)13-11-36-27-37(75-33-72-4)28-42(45(36)38)49-47(59)50-46(54(61-49)73-5)52(68-22-8-19-56(2,71)30-68)63-55(62-50)74-32-57(20-21-57)31-67-23-15-34(16-24-67)29-66-25-17-35(18-26-66)39-9-7-10-40-48(64-65(3)51(39)40)41-12-14-44(69)60-53(41)70/h7,9-11,13,27-28,34-35,41,71H,6,8,12,14-26,29-33H2,1-5H3,(H,60,69,70)/t41?,56-/m1/s1. The fourth-order valence-corrected chi connectivity index (χ4v) is 12.6. The lowest BCUT2D eigenvalue weighted by atomic mass is 9.86. The molecule has 16 nitrogen and oxygen atoms in total.